The van der Waals surface area contributed by atoms with Crippen LogP contribution < -0.4 is 9.80 Å². The van der Waals surface area contributed by atoms with Crippen LogP contribution in [0.3, 0.4) is 0 Å². The average Bonchev–Trinajstić information content (AvgIpc) is 3.22. The van der Waals surface area contributed by atoms with E-state index >= 15 is 0 Å². The first-order valence-corrected chi connectivity index (χ1v) is 11.9. The number of rotatable bonds is 5. The molecule has 1 saturated heterocycles. The predicted octanol–water partition coefficient (Wildman–Crippen LogP) is 3.96. The molecular formula is C27H30N8. The van der Waals surface area contributed by atoms with E-state index in [2.05, 4.69) is 80.7 Å². The van der Waals surface area contributed by atoms with Crippen molar-refractivity contribution in [1.29, 1.82) is 5.26 Å². The molecule has 0 bridgehead atoms. The van der Waals surface area contributed by atoms with Gasteiger partial charge < -0.3 is 19.3 Å². The molecule has 0 N–H and O–H groups in total. The Labute approximate surface area is 206 Å². The third-order valence-electron chi connectivity index (χ3n) is 7.02. The third kappa shape index (κ3) is 4.68. The molecule has 0 radical (unpaired) electrons. The van der Waals surface area contributed by atoms with Crippen molar-refractivity contribution in [2.75, 3.05) is 37.0 Å². The Kier molecular flexibility index (Phi) is 6.34. The van der Waals surface area contributed by atoms with Gasteiger partial charge in [0.25, 0.3) is 0 Å². The lowest BCUT2D eigenvalue weighted by atomic mass is 10.0. The lowest BCUT2D eigenvalue weighted by Crippen LogP contribution is -2.42. The van der Waals surface area contributed by atoms with Crippen molar-refractivity contribution in [2.24, 2.45) is 10.2 Å². The molecule has 8 nitrogen and oxygen atoms in total. The fourth-order valence-corrected chi connectivity index (χ4v) is 5.00. The van der Waals surface area contributed by atoms with Crippen LogP contribution in [0.15, 0.2) is 58.9 Å². The summed E-state index contributed by atoms with van der Waals surface area (Å²) in [5.41, 5.74) is 6.07. The van der Waals surface area contributed by atoms with E-state index in [4.69, 9.17) is 10.2 Å². The Morgan fingerprint density at radius 2 is 1.86 bits per heavy atom. The molecule has 0 atom stereocenters. The van der Waals surface area contributed by atoms with Gasteiger partial charge in [0.2, 0.25) is 0 Å². The zero-order chi connectivity index (χ0) is 24.4. The highest BCUT2D eigenvalue weighted by Gasteiger charge is 2.25. The van der Waals surface area contributed by atoms with Crippen LogP contribution in [0.2, 0.25) is 0 Å². The van der Waals surface area contributed by atoms with Crippen molar-refractivity contribution in [1.82, 2.24) is 14.5 Å². The Morgan fingerprint density at radius 3 is 2.54 bits per heavy atom. The number of hydrogen-bond donors (Lipinski definition) is 0. The number of benzene rings is 1. The molecule has 0 unspecified atom stereocenters. The van der Waals surface area contributed by atoms with Crippen LogP contribution in [0.25, 0.3) is 11.1 Å². The van der Waals surface area contributed by atoms with E-state index in [0.717, 1.165) is 60.0 Å². The van der Waals surface area contributed by atoms with E-state index in [1.807, 2.05) is 24.3 Å². The normalized spacial score (nSPS) is 16.2. The smallest absolute Gasteiger partial charge is 0.129 e. The van der Waals surface area contributed by atoms with Crippen LogP contribution in [0.4, 0.5) is 11.5 Å². The van der Waals surface area contributed by atoms with Crippen LogP contribution in [0.5, 0.6) is 0 Å². The van der Waals surface area contributed by atoms with Gasteiger partial charge in [-0.25, -0.2) is 4.98 Å². The Hall–Kier alpha value is -3.96. The van der Waals surface area contributed by atoms with Gasteiger partial charge in [-0.1, -0.05) is 12.1 Å². The molecule has 178 valence electrons. The summed E-state index contributed by atoms with van der Waals surface area (Å²) in [6.07, 6.45) is 6.18. The lowest BCUT2D eigenvalue weighted by molar-refractivity contribution is 0.249. The highest BCUT2D eigenvalue weighted by molar-refractivity contribution is 5.81. The molecule has 0 saturated carbocycles. The summed E-state index contributed by atoms with van der Waals surface area (Å²) in [5.74, 6) is 1.03. The molecule has 5 rings (SSSR count). The minimum Gasteiger partial charge on any atom is -0.356 e. The summed E-state index contributed by atoms with van der Waals surface area (Å²) in [6.45, 7) is 6.84. The first kappa shape index (κ1) is 22.8. The fraction of sp³-hybridized carbons (Fsp3) is 0.333. The molecule has 0 amide bonds. The number of pyridine rings is 1. The second-order valence-electron chi connectivity index (χ2n) is 9.35. The number of aromatic nitrogens is 2. The topological polar surface area (TPSA) is 76.0 Å². The quantitative estimate of drug-likeness (QED) is 0.323. The van der Waals surface area contributed by atoms with Gasteiger partial charge in [0, 0.05) is 37.7 Å². The van der Waals surface area contributed by atoms with Gasteiger partial charge in [-0.3, -0.25) is 0 Å². The molecule has 2 aromatic heterocycles. The number of piperidine rings is 1. The number of hydrogen-bond acceptors (Lipinski definition) is 6. The van der Waals surface area contributed by atoms with E-state index in [1.54, 1.807) is 6.34 Å². The van der Waals surface area contributed by atoms with Crippen LogP contribution in [-0.4, -0.2) is 60.7 Å². The number of fused-ring (bicyclic) bond motifs is 2. The second kappa shape index (κ2) is 9.72. The predicted molar refractivity (Wildman–Crippen MR) is 141 cm³/mol. The number of anilines is 2. The van der Waals surface area contributed by atoms with Gasteiger partial charge >= 0.3 is 0 Å². The Morgan fingerprint density at radius 1 is 1.09 bits per heavy atom. The molecule has 2 aliphatic heterocycles. The molecule has 1 fully saturated rings. The van der Waals surface area contributed by atoms with E-state index in [0.29, 0.717) is 24.7 Å². The highest BCUT2D eigenvalue weighted by Crippen LogP contribution is 2.32. The van der Waals surface area contributed by atoms with Gasteiger partial charge in [-0.2, -0.15) is 10.4 Å². The first-order chi connectivity index (χ1) is 17.1. The van der Waals surface area contributed by atoms with Gasteiger partial charge in [0.05, 0.1) is 36.1 Å². The summed E-state index contributed by atoms with van der Waals surface area (Å²) >= 11 is 0. The minimum atomic E-state index is 0.633. The molecule has 2 aliphatic rings. The standard InChI is InChI=1S/C27H30N8/c1-29-30-19-35-17-24-14-22(21-6-4-20(15-28)5-7-21)16-34(24)18-25-26(35)8-9-27(31-25)33-12-10-23(11-13-33)32(2)3/h4-9,14,16,19,23H,1,10-13,17-18H2,2-3H3/b30-19-. The number of nitrogens with zero attached hydrogens (tertiary/aromatic N) is 8. The molecule has 8 heteroatoms. The average molecular weight is 467 g/mol. The van der Waals surface area contributed by atoms with Crippen LogP contribution in [-0.2, 0) is 13.1 Å². The van der Waals surface area contributed by atoms with Crippen molar-refractivity contribution < 1.29 is 0 Å². The van der Waals surface area contributed by atoms with E-state index < -0.39 is 0 Å². The molecule has 4 heterocycles. The summed E-state index contributed by atoms with van der Waals surface area (Å²) < 4.78 is 2.26. The van der Waals surface area contributed by atoms with Crippen molar-refractivity contribution in [2.45, 2.75) is 32.0 Å². The second-order valence-corrected chi connectivity index (χ2v) is 9.35. The van der Waals surface area contributed by atoms with Crippen LogP contribution >= 0.6 is 0 Å². The maximum Gasteiger partial charge on any atom is 0.129 e. The van der Waals surface area contributed by atoms with Crippen LogP contribution in [0, 0.1) is 11.3 Å². The molecule has 1 aromatic carbocycles. The monoisotopic (exact) mass is 466 g/mol. The Bertz CT molecular complexity index is 1270. The maximum absolute atomic E-state index is 9.11. The Balaban J connectivity index is 1.47. The van der Waals surface area contributed by atoms with E-state index in [1.165, 1.54) is 0 Å². The molecular weight excluding hydrogens is 436 g/mol. The van der Waals surface area contributed by atoms with Crippen molar-refractivity contribution in [3.05, 3.63) is 65.6 Å². The van der Waals surface area contributed by atoms with Crippen molar-refractivity contribution in [3.63, 3.8) is 0 Å². The molecule has 0 aliphatic carbocycles. The minimum absolute atomic E-state index is 0.633. The maximum atomic E-state index is 9.11. The molecule has 35 heavy (non-hydrogen) atoms. The molecule has 3 aromatic rings. The summed E-state index contributed by atoms with van der Waals surface area (Å²) in [5, 5.41) is 16.9. The van der Waals surface area contributed by atoms with E-state index in [9.17, 15) is 0 Å². The van der Waals surface area contributed by atoms with Gasteiger partial charge in [-0.05, 0) is 68.4 Å². The third-order valence-corrected chi connectivity index (χ3v) is 7.02. The van der Waals surface area contributed by atoms with E-state index in [-0.39, 0.29) is 0 Å². The first-order valence-electron chi connectivity index (χ1n) is 11.9. The zero-order valence-corrected chi connectivity index (χ0v) is 20.3. The van der Waals surface area contributed by atoms with Crippen LogP contribution in [0.1, 0.15) is 29.8 Å². The van der Waals surface area contributed by atoms with Gasteiger partial charge in [0.15, 0.2) is 0 Å². The SMILES string of the molecule is C=N/N=C\N1Cc2cc(-c3ccc(C#N)cc3)cn2Cc2nc(N3CCC(N(C)C)CC3)ccc21. The van der Waals surface area contributed by atoms with Gasteiger partial charge in [-0.15, -0.1) is 5.10 Å². The van der Waals surface area contributed by atoms with Crippen molar-refractivity contribution >= 4 is 24.6 Å². The summed E-state index contributed by atoms with van der Waals surface area (Å²) in [6, 6.07) is 17.0. The zero-order valence-electron chi connectivity index (χ0n) is 20.3. The van der Waals surface area contributed by atoms with Crippen molar-refractivity contribution in [3.8, 4) is 17.2 Å². The molecule has 0 spiro atoms. The fourth-order valence-electron chi connectivity index (χ4n) is 5.00. The largest absolute Gasteiger partial charge is 0.356 e. The summed E-state index contributed by atoms with van der Waals surface area (Å²) in [4.78, 5) is 11.9. The summed E-state index contributed by atoms with van der Waals surface area (Å²) in [7, 11) is 4.33. The van der Waals surface area contributed by atoms with Gasteiger partial charge in [0.1, 0.15) is 12.2 Å². The lowest BCUT2D eigenvalue weighted by Gasteiger charge is -2.36. The highest BCUT2D eigenvalue weighted by atomic mass is 15.3. The number of nitriles is 1.